The molecule has 0 unspecified atom stereocenters. The van der Waals surface area contributed by atoms with Crippen molar-refractivity contribution in [2.75, 3.05) is 26.6 Å². The molecule has 1 aromatic heterocycles. The standard InChI is InChI=1S/C30H29F2N3O6/c1-38-22-12-8-20(9-13-22)30(19-6-4-3-5-7-19,21-10-14-23(39-2)15-11-21)40-26-25(31)27(41-29(26,32)18-36)35-17-16-24(33)34-28(35)37/h3-17,25-27,36H,18H2,1-2H3,(H2,33,34,37)/t25-,26+,27-,29-/m1/s1. The van der Waals surface area contributed by atoms with E-state index in [2.05, 4.69) is 4.98 Å². The van der Waals surface area contributed by atoms with Crippen molar-refractivity contribution in [3.05, 3.63) is 118 Å². The largest absolute Gasteiger partial charge is 0.497 e. The molecule has 0 saturated carbocycles. The third-order valence-electron chi connectivity index (χ3n) is 7.12. The van der Waals surface area contributed by atoms with Crippen LogP contribution in [0, 0.1) is 0 Å². The lowest BCUT2D eigenvalue weighted by Gasteiger charge is -2.40. The molecule has 0 amide bonds. The summed E-state index contributed by atoms with van der Waals surface area (Å²) in [6.45, 7) is -1.25. The number of hydrogen-bond acceptors (Lipinski definition) is 8. The van der Waals surface area contributed by atoms with Crippen LogP contribution in [-0.2, 0) is 15.1 Å². The summed E-state index contributed by atoms with van der Waals surface area (Å²) >= 11 is 0. The number of hydrogen-bond donors (Lipinski definition) is 2. The number of alkyl halides is 2. The Kier molecular flexibility index (Phi) is 7.76. The number of aromatic nitrogens is 2. The third kappa shape index (κ3) is 5.03. The topological polar surface area (TPSA) is 118 Å². The number of ether oxygens (including phenoxy) is 4. The van der Waals surface area contributed by atoms with Gasteiger partial charge in [0.1, 0.15) is 29.5 Å². The van der Waals surface area contributed by atoms with Crippen LogP contribution in [0.1, 0.15) is 22.9 Å². The second-order valence-corrected chi connectivity index (χ2v) is 9.48. The van der Waals surface area contributed by atoms with Gasteiger partial charge in [0.15, 0.2) is 18.5 Å². The summed E-state index contributed by atoms with van der Waals surface area (Å²) in [6.07, 6.45) is -4.90. The summed E-state index contributed by atoms with van der Waals surface area (Å²) in [5, 5.41) is 10.1. The van der Waals surface area contributed by atoms with E-state index in [9.17, 15) is 9.90 Å². The number of methoxy groups -OCH3 is 2. The van der Waals surface area contributed by atoms with Gasteiger partial charge in [-0.2, -0.15) is 4.98 Å². The number of aliphatic hydroxyl groups excluding tert-OH is 1. The number of anilines is 1. The van der Waals surface area contributed by atoms with E-state index in [1.54, 1.807) is 78.9 Å². The van der Waals surface area contributed by atoms with Crippen LogP contribution in [0.15, 0.2) is 95.9 Å². The molecule has 11 heteroatoms. The molecule has 214 valence electrons. The molecule has 3 aromatic carbocycles. The molecule has 3 N–H and O–H groups in total. The van der Waals surface area contributed by atoms with Crippen molar-refractivity contribution in [2.24, 2.45) is 0 Å². The van der Waals surface area contributed by atoms with Gasteiger partial charge in [-0.25, -0.2) is 13.6 Å². The van der Waals surface area contributed by atoms with E-state index in [4.69, 9.17) is 24.7 Å². The number of benzene rings is 3. The Hall–Kier alpha value is -4.32. The highest BCUT2D eigenvalue weighted by molar-refractivity contribution is 5.50. The summed E-state index contributed by atoms with van der Waals surface area (Å²) in [5.74, 6) is -2.01. The average Bonchev–Trinajstić information content (AvgIpc) is 3.25. The molecule has 5 rings (SSSR count). The summed E-state index contributed by atoms with van der Waals surface area (Å²) in [6, 6.07) is 23.9. The fraction of sp³-hybridized carbons (Fsp3) is 0.267. The minimum absolute atomic E-state index is 0.0942. The highest BCUT2D eigenvalue weighted by atomic mass is 19.2. The van der Waals surface area contributed by atoms with E-state index in [0.717, 1.165) is 10.8 Å². The van der Waals surface area contributed by atoms with Gasteiger partial charge in [0, 0.05) is 6.20 Å². The number of nitrogen functional groups attached to an aromatic ring is 1. The van der Waals surface area contributed by atoms with Gasteiger partial charge >= 0.3 is 5.69 Å². The minimum atomic E-state index is -3.04. The Balaban J connectivity index is 1.71. The van der Waals surface area contributed by atoms with Gasteiger partial charge < -0.3 is 29.8 Å². The van der Waals surface area contributed by atoms with Gasteiger partial charge in [-0.15, -0.1) is 0 Å². The van der Waals surface area contributed by atoms with Gasteiger partial charge in [0.2, 0.25) is 0 Å². The first kappa shape index (κ1) is 28.2. The summed E-state index contributed by atoms with van der Waals surface area (Å²) in [4.78, 5) is 16.1. The van der Waals surface area contributed by atoms with Gasteiger partial charge in [0.25, 0.3) is 5.85 Å². The Morgan fingerprint density at radius 3 is 1.98 bits per heavy atom. The Morgan fingerprint density at radius 2 is 1.49 bits per heavy atom. The summed E-state index contributed by atoms with van der Waals surface area (Å²) in [5.41, 5.74) is 4.56. The van der Waals surface area contributed by atoms with Crippen molar-refractivity contribution >= 4 is 5.82 Å². The SMILES string of the molecule is COc1ccc(C(O[C@H]2[C@@H](F)[C@H](n3ccc(N)nc3=O)O[C@]2(F)CO)(c2ccccc2)c2ccc(OC)cc2)cc1. The van der Waals surface area contributed by atoms with Crippen LogP contribution in [-0.4, -0.2) is 53.6 Å². The molecule has 0 spiro atoms. The molecule has 0 radical (unpaired) electrons. The van der Waals surface area contributed by atoms with E-state index < -0.39 is 42.3 Å². The molecule has 1 saturated heterocycles. The first-order valence-electron chi connectivity index (χ1n) is 12.7. The first-order chi connectivity index (χ1) is 19.8. The maximum Gasteiger partial charge on any atom is 0.351 e. The van der Waals surface area contributed by atoms with Crippen LogP contribution in [0.5, 0.6) is 11.5 Å². The molecular weight excluding hydrogens is 536 g/mol. The number of nitrogens with zero attached hydrogens (tertiary/aromatic N) is 2. The molecular formula is C30H29F2N3O6. The molecule has 0 bridgehead atoms. The maximum atomic E-state index is 16.4. The predicted molar refractivity (Wildman–Crippen MR) is 146 cm³/mol. The monoisotopic (exact) mass is 565 g/mol. The van der Waals surface area contributed by atoms with E-state index >= 15 is 8.78 Å². The molecule has 1 aliphatic heterocycles. The summed E-state index contributed by atoms with van der Waals surface area (Å²) < 4.78 is 56.1. The molecule has 2 heterocycles. The van der Waals surface area contributed by atoms with Crippen LogP contribution in [0.25, 0.3) is 0 Å². The lowest BCUT2D eigenvalue weighted by molar-refractivity contribution is -0.231. The van der Waals surface area contributed by atoms with Crippen molar-refractivity contribution in [2.45, 2.75) is 30.0 Å². The Bertz CT molecular complexity index is 1490. The quantitative estimate of drug-likeness (QED) is 0.295. The fourth-order valence-corrected chi connectivity index (χ4v) is 5.05. The molecule has 1 fully saturated rings. The van der Waals surface area contributed by atoms with Crippen LogP contribution >= 0.6 is 0 Å². The van der Waals surface area contributed by atoms with Crippen molar-refractivity contribution in [1.82, 2.24) is 9.55 Å². The highest BCUT2D eigenvalue weighted by Crippen LogP contribution is 2.49. The van der Waals surface area contributed by atoms with Gasteiger partial charge in [-0.1, -0.05) is 54.6 Å². The fourth-order valence-electron chi connectivity index (χ4n) is 5.05. The van der Waals surface area contributed by atoms with Crippen LogP contribution in [0.3, 0.4) is 0 Å². The third-order valence-corrected chi connectivity index (χ3v) is 7.12. The normalized spacial score (nSPS) is 22.4. The van der Waals surface area contributed by atoms with Crippen molar-refractivity contribution < 1.29 is 32.8 Å². The van der Waals surface area contributed by atoms with Gasteiger partial charge in [0.05, 0.1) is 14.2 Å². The van der Waals surface area contributed by atoms with Crippen molar-refractivity contribution in [1.29, 1.82) is 0 Å². The smallest absolute Gasteiger partial charge is 0.351 e. The number of halogens is 2. The Labute approximate surface area is 234 Å². The second kappa shape index (κ2) is 11.3. The van der Waals surface area contributed by atoms with Crippen LogP contribution < -0.4 is 20.9 Å². The van der Waals surface area contributed by atoms with Gasteiger partial charge in [-0.3, -0.25) is 4.57 Å². The van der Waals surface area contributed by atoms with E-state index in [1.165, 1.54) is 20.3 Å². The van der Waals surface area contributed by atoms with E-state index in [0.29, 0.717) is 28.2 Å². The highest BCUT2D eigenvalue weighted by Gasteiger charge is 2.61. The first-order valence-corrected chi connectivity index (χ1v) is 12.7. The van der Waals surface area contributed by atoms with Crippen molar-refractivity contribution in [3.8, 4) is 11.5 Å². The number of nitrogens with two attached hydrogens (primary N) is 1. The second-order valence-electron chi connectivity index (χ2n) is 9.48. The predicted octanol–water partition coefficient (Wildman–Crippen LogP) is 3.75. The molecule has 1 aliphatic rings. The molecule has 41 heavy (non-hydrogen) atoms. The molecule has 9 nitrogen and oxygen atoms in total. The lowest BCUT2D eigenvalue weighted by atomic mass is 9.79. The van der Waals surface area contributed by atoms with Crippen molar-refractivity contribution in [3.63, 3.8) is 0 Å². The number of aliphatic hydroxyl groups is 1. The zero-order valence-electron chi connectivity index (χ0n) is 22.3. The van der Waals surface area contributed by atoms with Gasteiger partial charge in [-0.05, 0) is 47.0 Å². The summed E-state index contributed by atoms with van der Waals surface area (Å²) in [7, 11) is 3.05. The van der Waals surface area contributed by atoms with E-state index in [1.807, 2.05) is 0 Å². The Morgan fingerprint density at radius 1 is 0.951 bits per heavy atom. The lowest BCUT2D eigenvalue weighted by Crippen LogP contribution is -2.49. The maximum absolute atomic E-state index is 16.4. The zero-order chi connectivity index (χ0) is 29.2. The minimum Gasteiger partial charge on any atom is -0.497 e. The molecule has 0 aliphatic carbocycles. The number of rotatable bonds is 9. The van der Waals surface area contributed by atoms with Crippen LogP contribution in [0.2, 0.25) is 0 Å². The molecule has 4 atom stereocenters. The molecule has 4 aromatic rings. The zero-order valence-corrected chi connectivity index (χ0v) is 22.3. The average molecular weight is 566 g/mol. The van der Waals surface area contributed by atoms with E-state index in [-0.39, 0.29) is 5.82 Å². The van der Waals surface area contributed by atoms with Crippen LogP contribution in [0.4, 0.5) is 14.6 Å².